The molecule has 0 spiro atoms. The largest absolute Gasteiger partial charge is 0.497 e. The smallest absolute Gasteiger partial charge is 0.255 e. The van der Waals surface area contributed by atoms with Crippen molar-refractivity contribution in [2.45, 2.75) is 13.5 Å². The van der Waals surface area contributed by atoms with Gasteiger partial charge in [-0.15, -0.1) is 0 Å². The van der Waals surface area contributed by atoms with E-state index in [2.05, 4.69) is 15.3 Å². The Morgan fingerprint density at radius 1 is 1.35 bits per heavy atom. The van der Waals surface area contributed by atoms with E-state index in [0.29, 0.717) is 12.5 Å². The fourth-order valence-corrected chi connectivity index (χ4v) is 1.61. The van der Waals surface area contributed by atoms with Crippen molar-refractivity contribution in [2.75, 3.05) is 19.0 Å². The van der Waals surface area contributed by atoms with Crippen LogP contribution in [0.4, 0.5) is 10.3 Å². The van der Waals surface area contributed by atoms with Crippen LogP contribution in [-0.4, -0.2) is 23.6 Å². The lowest BCUT2D eigenvalue weighted by molar-refractivity contribution is 0.276. The molecular weight excluding hydrogens is 261 g/mol. The second-order valence-corrected chi connectivity index (χ2v) is 4.02. The molecule has 1 N–H and O–H groups in total. The minimum Gasteiger partial charge on any atom is -0.497 e. The second kappa shape index (κ2) is 6.70. The molecule has 106 valence electrons. The van der Waals surface area contributed by atoms with Gasteiger partial charge in [-0.05, 0) is 24.6 Å². The van der Waals surface area contributed by atoms with Crippen molar-refractivity contribution in [1.82, 2.24) is 9.97 Å². The molecule has 1 aromatic carbocycles. The molecule has 0 aliphatic carbocycles. The van der Waals surface area contributed by atoms with Crippen molar-refractivity contribution >= 4 is 5.95 Å². The minimum atomic E-state index is -0.588. The molecule has 0 atom stereocenters. The molecule has 2 aromatic rings. The van der Waals surface area contributed by atoms with E-state index in [9.17, 15) is 4.39 Å². The first-order valence-corrected chi connectivity index (χ1v) is 6.25. The zero-order chi connectivity index (χ0) is 14.4. The highest BCUT2D eigenvalue weighted by atomic mass is 19.1. The van der Waals surface area contributed by atoms with Gasteiger partial charge in [-0.25, -0.2) is 4.98 Å². The van der Waals surface area contributed by atoms with Gasteiger partial charge in [0.1, 0.15) is 12.4 Å². The quantitative estimate of drug-likeness (QED) is 0.879. The molecule has 0 aliphatic heterocycles. The third kappa shape index (κ3) is 3.57. The molecule has 6 heteroatoms. The van der Waals surface area contributed by atoms with Gasteiger partial charge in [-0.2, -0.15) is 9.37 Å². The molecule has 0 bridgehead atoms. The van der Waals surface area contributed by atoms with Crippen LogP contribution in [0.2, 0.25) is 0 Å². The molecule has 0 aliphatic rings. The van der Waals surface area contributed by atoms with Crippen LogP contribution in [0.15, 0.2) is 30.5 Å². The maximum atomic E-state index is 13.6. The Morgan fingerprint density at radius 2 is 2.20 bits per heavy atom. The summed E-state index contributed by atoms with van der Waals surface area (Å²) >= 11 is 0. The fourth-order valence-electron chi connectivity index (χ4n) is 1.61. The number of benzene rings is 1. The van der Waals surface area contributed by atoms with Crippen LogP contribution in [0.1, 0.15) is 12.5 Å². The Bertz CT molecular complexity index is 578. The number of aromatic nitrogens is 2. The van der Waals surface area contributed by atoms with Crippen LogP contribution in [0, 0.1) is 5.82 Å². The molecule has 1 heterocycles. The lowest BCUT2D eigenvalue weighted by Gasteiger charge is -2.09. The van der Waals surface area contributed by atoms with E-state index >= 15 is 0 Å². The van der Waals surface area contributed by atoms with Gasteiger partial charge in [0.25, 0.3) is 5.88 Å². The Kier molecular flexibility index (Phi) is 4.70. The van der Waals surface area contributed by atoms with E-state index in [0.717, 1.165) is 17.5 Å². The monoisotopic (exact) mass is 277 g/mol. The molecule has 2 rings (SSSR count). The lowest BCUT2D eigenvalue weighted by Crippen LogP contribution is -2.06. The second-order valence-electron chi connectivity index (χ2n) is 4.02. The van der Waals surface area contributed by atoms with Gasteiger partial charge in [0.05, 0.1) is 13.3 Å². The third-order valence-corrected chi connectivity index (χ3v) is 2.56. The van der Waals surface area contributed by atoms with Crippen molar-refractivity contribution in [3.63, 3.8) is 0 Å². The molecule has 0 radical (unpaired) electrons. The maximum Gasteiger partial charge on any atom is 0.255 e. The van der Waals surface area contributed by atoms with Gasteiger partial charge in [0.15, 0.2) is 0 Å². The van der Waals surface area contributed by atoms with Crippen LogP contribution in [-0.2, 0) is 6.61 Å². The average molecular weight is 277 g/mol. The molecule has 0 unspecified atom stereocenters. The Balaban J connectivity index is 2.07. The van der Waals surface area contributed by atoms with Crippen LogP contribution in [0.5, 0.6) is 11.6 Å². The Morgan fingerprint density at radius 3 is 2.95 bits per heavy atom. The number of hydrogen-bond acceptors (Lipinski definition) is 5. The predicted molar refractivity (Wildman–Crippen MR) is 73.5 cm³/mol. The zero-order valence-electron chi connectivity index (χ0n) is 11.4. The summed E-state index contributed by atoms with van der Waals surface area (Å²) in [5, 5.41) is 2.90. The van der Waals surface area contributed by atoms with E-state index < -0.39 is 5.82 Å². The van der Waals surface area contributed by atoms with E-state index in [4.69, 9.17) is 9.47 Å². The molecular formula is C14H16FN3O2. The first kappa shape index (κ1) is 14.0. The number of hydrogen-bond donors (Lipinski definition) is 1. The molecule has 0 amide bonds. The Labute approximate surface area is 116 Å². The van der Waals surface area contributed by atoms with E-state index in [-0.39, 0.29) is 12.5 Å². The predicted octanol–water partition coefficient (Wildman–Crippen LogP) is 2.64. The first-order chi connectivity index (χ1) is 9.72. The van der Waals surface area contributed by atoms with Crippen LogP contribution in [0.25, 0.3) is 0 Å². The number of nitrogens with one attached hydrogen (secondary N) is 1. The van der Waals surface area contributed by atoms with E-state index in [1.807, 2.05) is 31.2 Å². The number of anilines is 1. The summed E-state index contributed by atoms with van der Waals surface area (Å²) in [7, 11) is 1.59. The molecule has 0 saturated carbocycles. The normalized spacial score (nSPS) is 10.2. The SMILES string of the molecule is CCNc1ncc(F)c(OCc2cccc(OC)c2)n1. The number of methoxy groups -OCH3 is 1. The summed E-state index contributed by atoms with van der Waals surface area (Å²) in [4.78, 5) is 7.78. The van der Waals surface area contributed by atoms with Gasteiger partial charge in [-0.1, -0.05) is 12.1 Å². The van der Waals surface area contributed by atoms with Crippen LogP contribution in [0.3, 0.4) is 0 Å². The van der Waals surface area contributed by atoms with E-state index in [1.54, 1.807) is 7.11 Å². The van der Waals surface area contributed by atoms with Crippen molar-refractivity contribution < 1.29 is 13.9 Å². The van der Waals surface area contributed by atoms with Crippen molar-refractivity contribution in [2.24, 2.45) is 0 Å². The van der Waals surface area contributed by atoms with Crippen LogP contribution < -0.4 is 14.8 Å². The lowest BCUT2D eigenvalue weighted by atomic mass is 10.2. The summed E-state index contributed by atoms with van der Waals surface area (Å²) in [5.74, 6) is 0.408. The highest BCUT2D eigenvalue weighted by Crippen LogP contribution is 2.18. The van der Waals surface area contributed by atoms with Crippen molar-refractivity contribution in [1.29, 1.82) is 0 Å². The zero-order valence-corrected chi connectivity index (χ0v) is 11.4. The van der Waals surface area contributed by atoms with Gasteiger partial charge in [0.2, 0.25) is 11.8 Å². The average Bonchev–Trinajstić information content (AvgIpc) is 2.48. The highest BCUT2D eigenvalue weighted by Gasteiger charge is 2.08. The highest BCUT2D eigenvalue weighted by molar-refractivity contribution is 5.30. The number of nitrogens with zero attached hydrogens (tertiary/aromatic N) is 2. The summed E-state index contributed by atoms with van der Waals surface area (Å²) in [6, 6.07) is 7.37. The summed E-state index contributed by atoms with van der Waals surface area (Å²) in [5.41, 5.74) is 0.868. The minimum absolute atomic E-state index is 0.0706. The summed E-state index contributed by atoms with van der Waals surface area (Å²) in [6.45, 7) is 2.77. The van der Waals surface area contributed by atoms with Gasteiger partial charge in [0, 0.05) is 6.54 Å². The summed E-state index contributed by atoms with van der Waals surface area (Å²) < 4.78 is 24.1. The molecule has 0 saturated heterocycles. The van der Waals surface area contributed by atoms with Crippen molar-refractivity contribution in [3.05, 3.63) is 41.8 Å². The van der Waals surface area contributed by atoms with Gasteiger partial charge < -0.3 is 14.8 Å². The molecule has 1 aromatic heterocycles. The van der Waals surface area contributed by atoms with Crippen LogP contribution >= 0.6 is 0 Å². The third-order valence-electron chi connectivity index (χ3n) is 2.56. The van der Waals surface area contributed by atoms with Gasteiger partial charge in [-0.3, -0.25) is 0 Å². The number of ether oxygens (including phenoxy) is 2. The molecule has 20 heavy (non-hydrogen) atoms. The Hall–Kier alpha value is -2.37. The fraction of sp³-hybridized carbons (Fsp3) is 0.286. The first-order valence-electron chi connectivity index (χ1n) is 6.25. The van der Waals surface area contributed by atoms with Crippen molar-refractivity contribution in [3.8, 4) is 11.6 Å². The number of halogens is 1. The topological polar surface area (TPSA) is 56.3 Å². The number of rotatable bonds is 6. The maximum absolute atomic E-state index is 13.6. The molecule has 5 nitrogen and oxygen atoms in total. The summed E-state index contributed by atoms with van der Waals surface area (Å²) in [6.07, 6.45) is 1.09. The van der Waals surface area contributed by atoms with Gasteiger partial charge >= 0.3 is 0 Å². The standard InChI is InChI=1S/C14H16FN3O2/c1-3-16-14-17-8-12(15)13(18-14)20-9-10-5-4-6-11(7-10)19-2/h4-8H,3,9H2,1-2H3,(H,16,17,18). The van der Waals surface area contributed by atoms with E-state index in [1.165, 1.54) is 0 Å². The molecule has 0 fully saturated rings.